The average Bonchev–Trinajstić information content (AvgIpc) is 2.18. The van der Waals surface area contributed by atoms with Gasteiger partial charge >= 0.3 is 0 Å². The Labute approximate surface area is 82.2 Å². The molecule has 2 nitrogen and oxygen atoms in total. The first-order chi connectivity index (χ1) is 6.77. The molecule has 3 heteroatoms. The zero-order chi connectivity index (χ0) is 10.4. The Kier molecular flexibility index (Phi) is 3.67. The maximum atomic E-state index is 13.1. The van der Waals surface area contributed by atoms with Crippen LogP contribution in [0.15, 0.2) is 18.2 Å². The van der Waals surface area contributed by atoms with Crippen molar-refractivity contribution in [2.75, 3.05) is 0 Å². The lowest BCUT2D eigenvalue weighted by molar-refractivity contribution is 0.610. The van der Waals surface area contributed by atoms with E-state index in [0.29, 0.717) is 11.1 Å². The highest BCUT2D eigenvalue weighted by Gasteiger charge is 1.99. The van der Waals surface area contributed by atoms with Gasteiger partial charge in [-0.15, -0.1) is 0 Å². The molecule has 1 aromatic carbocycles. The van der Waals surface area contributed by atoms with E-state index in [-0.39, 0.29) is 18.8 Å². The van der Waals surface area contributed by atoms with Crippen molar-refractivity contribution < 1.29 is 4.39 Å². The van der Waals surface area contributed by atoms with Gasteiger partial charge < -0.3 is 5.73 Å². The SMILES string of the molecule is N#CCC#Cc1ccc(CN)c(F)c1. The second kappa shape index (κ2) is 5.01. The molecule has 0 aliphatic heterocycles. The molecule has 2 N–H and O–H groups in total. The summed E-state index contributed by atoms with van der Waals surface area (Å²) in [6.45, 7) is 0.178. The van der Waals surface area contributed by atoms with Crippen LogP contribution in [0.1, 0.15) is 17.5 Å². The van der Waals surface area contributed by atoms with Crippen LogP contribution in [0.4, 0.5) is 4.39 Å². The average molecular weight is 188 g/mol. The first kappa shape index (κ1) is 10.2. The molecular formula is C11H9FN2. The fourth-order valence-corrected chi connectivity index (χ4v) is 0.976. The van der Waals surface area contributed by atoms with Gasteiger partial charge in [0.15, 0.2) is 0 Å². The second-order valence-corrected chi connectivity index (χ2v) is 2.65. The molecule has 1 aromatic rings. The van der Waals surface area contributed by atoms with Gasteiger partial charge in [0.1, 0.15) is 5.82 Å². The number of rotatable bonds is 1. The summed E-state index contributed by atoms with van der Waals surface area (Å²) in [5.74, 6) is 4.94. The van der Waals surface area contributed by atoms with Crippen LogP contribution in [-0.4, -0.2) is 0 Å². The van der Waals surface area contributed by atoms with E-state index in [0.717, 1.165) is 0 Å². The maximum Gasteiger partial charge on any atom is 0.128 e. The van der Waals surface area contributed by atoms with Crippen LogP contribution in [0.3, 0.4) is 0 Å². The van der Waals surface area contributed by atoms with Crippen LogP contribution in [0, 0.1) is 29.0 Å². The van der Waals surface area contributed by atoms with Crippen LogP contribution < -0.4 is 5.73 Å². The van der Waals surface area contributed by atoms with E-state index < -0.39 is 0 Å². The first-order valence-corrected chi connectivity index (χ1v) is 4.12. The van der Waals surface area contributed by atoms with Crippen LogP contribution in [0.2, 0.25) is 0 Å². The predicted molar refractivity (Wildman–Crippen MR) is 51.4 cm³/mol. The summed E-state index contributed by atoms with van der Waals surface area (Å²) in [4.78, 5) is 0. The van der Waals surface area contributed by atoms with Gasteiger partial charge in [0.2, 0.25) is 0 Å². The summed E-state index contributed by atoms with van der Waals surface area (Å²) < 4.78 is 13.1. The first-order valence-electron chi connectivity index (χ1n) is 4.12. The molecule has 0 unspecified atom stereocenters. The monoisotopic (exact) mass is 188 g/mol. The van der Waals surface area contributed by atoms with E-state index in [2.05, 4.69) is 11.8 Å². The van der Waals surface area contributed by atoms with Crippen molar-refractivity contribution in [3.05, 3.63) is 35.1 Å². The summed E-state index contributed by atoms with van der Waals surface area (Å²) in [6.07, 6.45) is 0.153. The molecule has 0 aromatic heterocycles. The normalized spacial score (nSPS) is 8.64. The zero-order valence-electron chi connectivity index (χ0n) is 7.55. The standard InChI is InChI=1S/C11H9FN2/c12-11-7-9(3-1-2-6-13)4-5-10(11)8-14/h4-5,7H,2,8,14H2. The Morgan fingerprint density at radius 2 is 2.21 bits per heavy atom. The van der Waals surface area contributed by atoms with Gasteiger partial charge in [-0.25, -0.2) is 4.39 Å². The minimum Gasteiger partial charge on any atom is -0.326 e. The molecule has 0 bridgehead atoms. The Morgan fingerprint density at radius 3 is 2.79 bits per heavy atom. The van der Waals surface area contributed by atoms with Crippen molar-refractivity contribution in [3.8, 4) is 17.9 Å². The minimum absolute atomic E-state index is 0.153. The molecule has 14 heavy (non-hydrogen) atoms. The molecule has 0 atom stereocenters. The van der Waals surface area contributed by atoms with Crippen molar-refractivity contribution in [1.82, 2.24) is 0 Å². The molecule has 70 valence electrons. The smallest absolute Gasteiger partial charge is 0.128 e. The van der Waals surface area contributed by atoms with Crippen molar-refractivity contribution >= 4 is 0 Å². The molecule has 0 saturated carbocycles. The number of hydrogen-bond donors (Lipinski definition) is 1. The summed E-state index contributed by atoms with van der Waals surface area (Å²) in [5.41, 5.74) is 6.34. The van der Waals surface area contributed by atoms with E-state index in [1.165, 1.54) is 6.07 Å². The van der Waals surface area contributed by atoms with E-state index in [9.17, 15) is 4.39 Å². The third-order valence-electron chi connectivity index (χ3n) is 1.67. The Morgan fingerprint density at radius 1 is 1.43 bits per heavy atom. The highest BCUT2D eigenvalue weighted by Crippen LogP contribution is 2.08. The molecule has 1 rings (SSSR count). The number of benzene rings is 1. The van der Waals surface area contributed by atoms with Crippen LogP contribution in [0.5, 0.6) is 0 Å². The molecular weight excluding hydrogens is 179 g/mol. The summed E-state index contributed by atoms with van der Waals surface area (Å²) in [7, 11) is 0. The van der Waals surface area contributed by atoms with Crippen molar-refractivity contribution in [1.29, 1.82) is 5.26 Å². The molecule has 0 saturated heterocycles. The van der Waals surface area contributed by atoms with Crippen molar-refractivity contribution in [3.63, 3.8) is 0 Å². The molecule has 0 amide bonds. The summed E-state index contributed by atoms with van der Waals surface area (Å²) >= 11 is 0. The number of nitrogens with two attached hydrogens (primary N) is 1. The molecule has 0 aliphatic rings. The molecule has 0 fully saturated rings. The van der Waals surface area contributed by atoms with Gasteiger partial charge in [-0.3, -0.25) is 0 Å². The largest absolute Gasteiger partial charge is 0.326 e. The van der Waals surface area contributed by atoms with Crippen LogP contribution >= 0.6 is 0 Å². The topological polar surface area (TPSA) is 49.8 Å². The lowest BCUT2D eigenvalue weighted by atomic mass is 10.1. The van der Waals surface area contributed by atoms with Gasteiger partial charge in [0.05, 0.1) is 12.5 Å². The maximum absolute atomic E-state index is 13.1. The van der Waals surface area contributed by atoms with Crippen molar-refractivity contribution in [2.24, 2.45) is 5.73 Å². The van der Waals surface area contributed by atoms with Gasteiger partial charge in [0, 0.05) is 17.7 Å². The predicted octanol–water partition coefficient (Wildman–Crippen LogP) is 1.55. The fourth-order valence-electron chi connectivity index (χ4n) is 0.976. The van der Waals surface area contributed by atoms with Gasteiger partial charge in [-0.1, -0.05) is 17.9 Å². The van der Waals surface area contributed by atoms with E-state index >= 15 is 0 Å². The molecule has 0 spiro atoms. The Hall–Kier alpha value is -1.84. The van der Waals surface area contributed by atoms with Gasteiger partial charge in [-0.2, -0.15) is 5.26 Å². The summed E-state index contributed by atoms with van der Waals surface area (Å²) in [5, 5.41) is 8.24. The number of nitrogens with zero attached hydrogens (tertiary/aromatic N) is 1. The number of hydrogen-bond acceptors (Lipinski definition) is 2. The third kappa shape index (κ3) is 2.58. The molecule has 0 radical (unpaired) electrons. The van der Waals surface area contributed by atoms with Crippen LogP contribution in [0.25, 0.3) is 0 Å². The number of halogens is 1. The highest BCUT2D eigenvalue weighted by molar-refractivity contribution is 5.37. The fraction of sp³-hybridized carbons (Fsp3) is 0.182. The molecule has 0 aliphatic carbocycles. The second-order valence-electron chi connectivity index (χ2n) is 2.65. The summed E-state index contributed by atoms with van der Waals surface area (Å²) in [6, 6.07) is 6.51. The van der Waals surface area contributed by atoms with E-state index in [1.54, 1.807) is 12.1 Å². The van der Waals surface area contributed by atoms with Gasteiger partial charge in [-0.05, 0) is 12.1 Å². The van der Waals surface area contributed by atoms with Gasteiger partial charge in [0.25, 0.3) is 0 Å². The molecule has 0 heterocycles. The zero-order valence-corrected chi connectivity index (χ0v) is 7.55. The Bertz CT molecular complexity index is 421. The van der Waals surface area contributed by atoms with Crippen molar-refractivity contribution in [2.45, 2.75) is 13.0 Å². The Balaban J connectivity index is 2.89. The number of nitriles is 1. The lowest BCUT2D eigenvalue weighted by Crippen LogP contribution is -1.99. The van der Waals surface area contributed by atoms with Crippen LogP contribution in [-0.2, 0) is 6.54 Å². The highest BCUT2D eigenvalue weighted by atomic mass is 19.1. The minimum atomic E-state index is -0.351. The van der Waals surface area contributed by atoms with E-state index in [4.69, 9.17) is 11.0 Å². The third-order valence-corrected chi connectivity index (χ3v) is 1.67. The van der Waals surface area contributed by atoms with E-state index in [1.807, 2.05) is 6.07 Å². The quantitative estimate of drug-likeness (QED) is 0.680. The lowest BCUT2D eigenvalue weighted by Gasteiger charge is -1.98.